The number of hydrogen-bond acceptors (Lipinski definition) is 4. The van der Waals surface area contributed by atoms with E-state index >= 15 is 0 Å². The van der Waals surface area contributed by atoms with E-state index in [9.17, 15) is 9.50 Å². The van der Waals surface area contributed by atoms with Crippen molar-refractivity contribution in [3.8, 4) is 0 Å². The number of ether oxygens (including phenoxy) is 1. The zero-order chi connectivity index (χ0) is 15.5. The lowest BCUT2D eigenvalue weighted by Gasteiger charge is -2.38. The smallest absolute Gasteiger partial charge is 0.123 e. The zero-order valence-corrected chi connectivity index (χ0v) is 13.1. The number of nitrogens with one attached hydrogen (secondary N) is 1. The molecule has 2 saturated heterocycles. The van der Waals surface area contributed by atoms with Gasteiger partial charge in [-0.3, -0.25) is 0 Å². The quantitative estimate of drug-likeness (QED) is 0.894. The fourth-order valence-electron chi connectivity index (χ4n) is 3.45. The van der Waals surface area contributed by atoms with Crippen LogP contribution in [0.1, 0.15) is 24.8 Å². The molecule has 0 aliphatic carbocycles. The lowest BCUT2D eigenvalue weighted by atomic mass is 9.99. The summed E-state index contributed by atoms with van der Waals surface area (Å²) >= 11 is 0. The largest absolute Gasteiger partial charge is 0.391 e. The predicted molar refractivity (Wildman–Crippen MR) is 84.7 cm³/mol. The second kappa shape index (κ2) is 6.94. The molecule has 2 aliphatic rings. The van der Waals surface area contributed by atoms with Crippen LogP contribution in [0, 0.1) is 12.7 Å². The maximum atomic E-state index is 13.2. The van der Waals surface area contributed by atoms with Crippen LogP contribution in [0.4, 0.5) is 10.1 Å². The summed E-state index contributed by atoms with van der Waals surface area (Å²) in [6.07, 6.45) is 2.47. The summed E-state index contributed by atoms with van der Waals surface area (Å²) in [4.78, 5) is 2.32. The van der Waals surface area contributed by atoms with Crippen molar-refractivity contribution in [3.05, 3.63) is 29.6 Å². The fourth-order valence-corrected chi connectivity index (χ4v) is 3.45. The molecule has 0 amide bonds. The summed E-state index contributed by atoms with van der Waals surface area (Å²) in [5, 5.41) is 13.5. The van der Waals surface area contributed by atoms with Gasteiger partial charge < -0.3 is 20.1 Å². The number of nitrogens with zero attached hydrogens (tertiary/aromatic N) is 1. The molecule has 0 unspecified atom stereocenters. The van der Waals surface area contributed by atoms with Crippen molar-refractivity contribution in [3.63, 3.8) is 0 Å². The Balaban J connectivity index is 1.53. The van der Waals surface area contributed by atoms with Crippen LogP contribution in [-0.2, 0) is 4.74 Å². The molecule has 0 aromatic heterocycles. The van der Waals surface area contributed by atoms with Crippen LogP contribution in [0.15, 0.2) is 18.2 Å². The maximum absolute atomic E-state index is 13.2. The molecule has 3 rings (SSSR count). The average molecular weight is 308 g/mol. The van der Waals surface area contributed by atoms with Gasteiger partial charge in [-0.05, 0) is 49.9 Å². The highest BCUT2D eigenvalue weighted by Crippen LogP contribution is 2.25. The highest BCUT2D eigenvalue weighted by atomic mass is 19.1. The molecule has 4 nitrogen and oxygen atoms in total. The highest BCUT2D eigenvalue weighted by Gasteiger charge is 2.28. The van der Waals surface area contributed by atoms with Crippen LogP contribution in [0.5, 0.6) is 0 Å². The first kappa shape index (κ1) is 15.7. The normalized spacial score (nSPS) is 27.1. The summed E-state index contributed by atoms with van der Waals surface area (Å²) in [5.41, 5.74) is 2.11. The number of piperidine rings is 1. The van der Waals surface area contributed by atoms with Gasteiger partial charge in [0.05, 0.1) is 18.8 Å². The van der Waals surface area contributed by atoms with Crippen LogP contribution < -0.4 is 10.2 Å². The van der Waals surface area contributed by atoms with Gasteiger partial charge in [0.1, 0.15) is 5.82 Å². The van der Waals surface area contributed by atoms with E-state index in [1.54, 1.807) is 6.07 Å². The van der Waals surface area contributed by atoms with Crippen molar-refractivity contribution in [1.82, 2.24) is 5.32 Å². The van der Waals surface area contributed by atoms with Gasteiger partial charge in [-0.15, -0.1) is 0 Å². The second-order valence-corrected chi connectivity index (χ2v) is 6.40. The van der Waals surface area contributed by atoms with Gasteiger partial charge in [0, 0.05) is 31.4 Å². The standard InChI is InChI=1S/C17H25FN2O2/c1-12-10-13(18)2-3-16(12)20-7-4-14(5-8-20)19-15-11-22-9-6-17(15)21/h2-3,10,14-15,17,19,21H,4-9,11H2,1H3/t15-,17-/m1/s1. The Morgan fingerprint density at radius 2 is 2.05 bits per heavy atom. The van der Waals surface area contributed by atoms with Gasteiger partial charge in [-0.2, -0.15) is 0 Å². The molecule has 2 aliphatic heterocycles. The zero-order valence-electron chi connectivity index (χ0n) is 13.1. The molecule has 122 valence electrons. The number of rotatable bonds is 3. The third-order valence-electron chi connectivity index (χ3n) is 4.76. The second-order valence-electron chi connectivity index (χ2n) is 6.40. The highest BCUT2D eigenvalue weighted by molar-refractivity contribution is 5.53. The number of aliphatic hydroxyl groups is 1. The Kier molecular flexibility index (Phi) is 4.96. The molecule has 2 fully saturated rings. The molecule has 0 spiro atoms. The van der Waals surface area contributed by atoms with Crippen molar-refractivity contribution in [2.45, 2.75) is 44.4 Å². The summed E-state index contributed by atoms with van der Waals surface area (Å²) < 4.78 is 18.7. The number of halogens is 1. The van der Waals surface area contributed by atoms with Gasteiger partial charge >= 0.3 is 0 Å². The Hall–Kier alpha value is -1.17. The van der Waals surface area contributed by atoms with E-state index in [1.165, 1.54) is 6.07 Å². The third-order valence-corrected chi connectivity index (χ3v) is 4.76. The number of anilines is 1. The Labute approximate surface area is 131 Å². The van der Waals surface area contributed by atoms with Crippen LogP contribution in [0.25, 0.3) is 0 Å². The molecular formula is C17H25FN2O2. The van der Waals surface area contributed by atoms with Crippen LogP contribution >= 0.6 is 0 Å². The van der Waals surface area contributed by atoms with Crippen molar-refractivity contribution < 1.29 is 14.2 Å². The fraction of sp³-hybridized carbons (Fsp3) is 0.647. The third kappa shape index (κ3) is 3.59. The first-order valence-corrected chi connectivity index (χ1v) is 8.16. The van der Waals surface area contributed by atoms with E-state index in [2.05, 4.69) is 10.2 Å². The van der Waals surface area contributed by atoms with Crippen LogP contribution in [-0.4, -0.2) is 49.6 Å². The molecule has 2 N–H and O–H groups in total. The number of hydrogen-bond donors (Lipinski definition) is 2. The molecule has 0 saturated carbocycles. The number of aliphatic hydroxyl groups excluding tert-OH is 1. The van der Waals surface area contributed by atoms with Crippen molar-refractivity contribution in [1.29, 1.82) is 0 Å². The maximum Gasteiger partial charge on any atom is 0.123 e. The van der Waals surface area contributed by atoms with E-state index in [0.29, 0.717) is 25.7 Å². The molecule has 0 radical (unpaired) electrons. The van der Waals surface area contributed by atoms with E-state index < -0.39 is 0 Å². The minimum atomic E-state index is -0.300. The molecule has 1 aromatic carbocycles. The molecule has 5 heteroatoms. The molecule has 2 heterocycles. The Morgan fingerprint density at radius 3 is 2.73 bits per heavy atom. The molecule has 2 atom stereocenters. The molecule has 1 aromatic rings. The first-order chi connectivity index (χ1) is 10.6. The van der Waals surface area contributed by atoms with Crippen molar-refractivity contribution in [2.24, 2.45) is 0 Å². The van der Waals surface area contributed by atoms with E-state index in [-0.39, 0.29) is 18.0 Å². The van der Waals surface area contributed by atoms with Crippen molar-refractivity contribution >= 4 is 5.69 Å². The molecule has 0 bridgehead atoms. The molecule has 22 heavy (non-hydrogen) atoms. The number of benzene rings is 1. The Bertz CT molecular complexity index is 503. The van der Waals surface area contributed by atoms with Crippen molar-refractivity contribution in [2.75, 3.05) is 31.2 Å². The monoisotopic (exact) mass is 308 g/mol. The predicted octanol–water partition coefficient (Wildman–Crippen LogP) is 1.84. The Morgan fingerprint density at radius 1 is 1.27 bits per heavy atom. The van der Waals surface area contributed by atoms with E-state index in [1.807, 2.05) is 13.0 Å². The first-order valence-electron chi connectivity index (χ1n) is 8.16. The summed E-state index contributed by atoms with van der Waals surface area (Å²) in [7, 11) is 0. The topological polar surface area (TPSA) is 44.7 Å². The van der Waals surface area contributed by atoms with Gasteiger partial charge in [0.25, 0.3) is 0 Å². The summed E-state index contributed by atoms with van der Waals surface area (Å²) in [6.45, 7) is 5.11. The van der Waals surface area contributed by atoms with E-state index in [0.717, 1.165) is 37.2 Å². The van der Waals surface area contributed by atoms with Gasteiger partial charge in [-0.25, -0.2) is 4.39 Å². The average Bonchev–Trinajstić information content (AvgIpc) is 2.51. The molecular weight excluding hydrogens is 283 g/mol. The minimum absolute atomic E-state index is 0.0536. The van der Waals surface area contributed by atoms with Gasteiger partial charge in [-0.1, -0.05) is 0 Å². The van der Waals surface area contributed by atoms with Crippen LogP contribution in [0.2, 0.25) is 0 Å². The SMILES string of the molecule is Cc1cc(F)ccc1N1CCC(N[C@@H]2COCC[C@H]2O)CC1. The minimum Gasteiger partial charge on any atom is -0.391 e. The van der Waals surface area contributed by atoms with Gasteiger partial charge in [0.2, 0.25) is 0 Å². The van der Waals surface area contributed by atoms with Gasteiger partial charge in [0.15, 0.2) is 0 Å². The van der Waals surface area contributed by atoms with Crippen LogP contribution in [0.3, 0.4) is 0 Å². The summed E-state index contributed by atoms with van der Waals surface area (Å²) in [6, 6.07) is 5.46. The lowest BCUT2D eigenvalue weighted by molar-refractivity contribution is -0.0198. The summed E-state index contributed by atoms with van der Waals surface area (Å²) in [5.74, 6) is -0.177. The number of aryl methyl sites for hydroxylation is 1. The lowest BCUT2D eigenvalue weighted by Crippen LogP contribution is -2.53. The van der Waals surface area contributed by atoms with E-state index in [4.69, 9.17) is 4.74 Å².